The number of hydrogen-bond donors (Lipinski definition) is 2. The van der Waals surface area contributed by atoms with Gasteiger partial charge in [0, 0.05) is 36.3 Å². The SMILES string of the molecule is CNCc1ccc(CNC(=O)Cn2c3ccccc3c3cccnc32)cn1. The average Bonchev–Trinajstić information content (AvgIpc) is 3.02. The Hall–Kier alpha value is -3.25. The van der Waals surface area contributed by atoms with Gasteiger partial charge in [-0.15, -0.1) is 0 Å². The molecule has 3 heterocycles. The summed E-state index contributed by atoms with van der Waals surface area (Å²) in [7, 11) is 1.89. The number of nitrogens with one attached hydrogen (secondary N) is 2. The minimum absolute atomic E-state index is 0.0531. The van der Waals surface area contributed by atoms with E-state index in [9.17, 15) is 4.79 Å². The predicted molar refractivity (Wildman–Crippen MR) is 106 cm³/mol. The molecular weight excluding hydrogens is 338 g/mol. The number of fused-ring (bicyclic) bond motifs is 3. The maximum atomic E-state index is 12.6. The number of rotatable bonds is 6. The number of benzene rings is 1. The van der Waals surface area contributed by atoms with Crippen LogP contribution in [0.3, 0.4) is 0 Å². The second kappa shape index (κ2) is 7.55. The molecule has 6 heteroatoms. The molecule has 3 aromatic heterocycles. The monoisotopic (exact) mass is 359 g/mol. The number of pyridine rings is 2. The number of aromatic nitrogens is 3. The molecule has 0 saturated heterocycles. The number of carbonyl (C=O) groups is 1. The van der Waals surface area contributed by atoms with Gasteiger partial charge in [0.05, 0.1) is 11.2 Å². The lowest BCUT2D eigenvalue weighted by Gasteiger charge is -2.09. The maximum absolute atomic E-state index is 12.6. The van der Waals surface area contributed by atoms with Crippen molar-refractivity contribution in [3.05, 3.63) is 72.2 Å². The summed E-state index contributed by atoms with van der Waals surface area (Å²) in [4.78, 5) is 21.4. The Kier molecular flexibility index (Phi) is 4.80. The van der Waals surface area contributed by atoms with Crippen LogP contribution in [0.2, 0.25) is 0 Å². The Morgan fingerprint density at radius 3 is 2.67 bits per heavy atom. The highest BCUT2D eigenvalue weighted by molar-refractivity contribution is 6.07. The zero-order valence-electron chi connectivity index (χ0n) is 15.1. The van der Waals surface area contributed by atoms with Gasteiger partial charge in [0.1, 0.15) is 12.2 Å². The Morgan fingerprint density at radius 1 is 1.00 bits per heavy atom. The molecule has 4 rings (SSSR count). The van der Waals surface area contributed by atoms with Gasteiger partial charge in [-0.25, -0.2) is 4.98 Å². The van der Waals surface area contributed by atoms with Gasteiger partial charge in [-0.2, -0.15) is 0 Å². The van der Waals surface area contributed by atoms with Crippen molar-refractivity contribution in [2.24, 2.45) is 0 Å². The summed E-state index contributed by atoms with van der Waals surface area (Å²) in [5, 5.41) is 8.21. The highest BCUT2D eigenvalue weighted by Gasteiger charge is 2.13. The third-order valence-electron chi connectivity index (χ3n) is 4.56. The predicted octanol–water partition coefficient (Wildman–Crippen LogP) is 2.62. The van der Waals surface area contributed by atoms with E-state index in [-0.39, 0.29) is 12.5 Å². The van der Waals surface area contributed by atoms with Crippen molar-refractivity contribution in [2.75, 3.05) is 7.05 Å². The molecule has 1 amide bonds. The molecule has 6 nitrogen and oxygen atoms in total. The Morgan fingerprint density at radius 2 is 1.85 bits per heavy atom. The van der Waals surface area contributed by atoms with E-state index < -0.39 is 0 Å². The largest absolute Gasteiger partial charge is 0.350 e. The highest BCUT2D eigenvalue weighted by atomic mass is 16.1. The zero-order valence-corrected chi connectivity index (χ0v) is 15.1. The number of hydrogen-bond acceptors (Lipinski definition) is 4. The van der Waals surface area contributed by atoms with Gasteiger partial charge in [0.2, 0.25) is 5.91 Å². The molecule has 0 aliphatic carbocycles. The van der Waals surface area contributed by atoms with E-state index in [1.54, 1.807) is 12.4 Å². The molecule has 0 fully saturated rings. The van der Waals surface area contributed by atoms with Gasteiger partial charge in [0.25, 0.3) is 0 Å². The molecule has 1 aromatic carbocycles. The van der Waals surface area contributed by atoms with Crippen molar-refractivity contribution < 1.29 is 4.79 Å². The van der Waals surface area contributed by atoms with Crippen molar-refractivity contribution in [3.8, 4) is 0 Å². The summed E-state index contributed by atoms with van der Waals surface area (Å²) in [6, 6.07) is 16.0. The minimum Gasteiger partial charge on any atom is -0.350 e. The van der Waals surface area contributed by atoms with Gasteiger partial charge >= 0.3 is 0 Å². The molecule has 27 heavy (non-hydrogen) atoms. The average molecular weight is 359 g/mol. The summed E-state index contributed by atoms with van der Waals surface area (Å²) in [5.41, 5.74) is 3.79. The number of para-hydroxylation sites is 1. The summed E-state index contributed by atoms with van der Waals surface area (Å²) < 4.78 is 1.97. The highest BCUT2D eigenvalue weighted by Crippen LogP contribution is 2.27. The van der Waals surface area contributed by atoms with Gasteiger partial charge < -0.3 is 15.2 Å². The first-order valence-corrected chi connectivity index (χ1v) is 8.93. The van der Waals surface area contributed by atoms with Crippen molar-refractivity contribution in [1.29, 1.82) is 0 Å². The summed E-state index contributed by atoms with van der Waals surface area (Å²) in [6.45, 7) is 1.41. The molecule has 0 spiro atoms. The van der Waals surface area contributed by atoms with Gasteiger partial charge in [-0.05, 0) is 36.9 Å². The number of nitrogens with zero attached hydrogens (tertiary/aromatic N) is 3. The Labute approximate surface area is 157 Å². The number of amides is 1. The smallest absolute Gasteiger partial charge is 0.240 e. The summed E-state index contributed by atoms with van der Waals surface area (Å²) in [5.74, 6) is -0.0531. The van der Waals surface area contributed by atoms with Crippen LogP contribution in [0, 0.1) is 0 Å². The van der Waals surface area contributed by atoms with E-state index >= 15 is 0 Å². The van der Waals surface area contributed by atoms with Crippen molar-refractivity contribution in [1.82, 2.24) is 25.2 Å². The van der Waals surface area contributed by atoms with E-state index in [1.807, 2.05) is 54.1 Å². The molecular formula is C21H21N5O. The van der Waals surface area contributed by atoms with Crippen LogP contribution in [0.15, 0.2) is 60.9 Å². The minimum atomic E-state index is -0.0531. The second-order valence-electron chi connectivity index (χ2n) is 6.44. The van der Waals surface area contributed by atoms with Crippen LogP contribution in [0.1, 0.15) is 11.3 Å². The first kappa shape index (κ1) is 17.2. The fourth-order valence-corrected chi connectivity index (χ4v) is 3.28. The van der Waals surface area contributed by atoms with E-state index in [0.29, 0.717) is 6.54 Å². The first-order chi connectivity index (χ1) is 13.3. The molecule has 0 saturated carbocycles. The van der Waals surface area contributed by atoms with Gasteiger partial charge in [-0.3, -0.25) is 9.78 Å². The second-order valence-corrected chi connectivity index (χ2v) is 6.44. The van der Waals surface area contributed by atoms with Crippen molar-refractivity contribution in [3.63, 3.8) is 0 Å². The quantitative estimate of drug-likeness (QED) is 0.555. The molecule has 0 bridgehead atoms. The van der Waals surface area contributed by atoms with Crippen molar-refractivity contribution in [2.45, 2.75) is 19.6 Å². The Bertz CT molecular complexity index is 1030. The third-order valence-corrected chi connectivity index (χ3v) is 4.56. The molecule has 4 aromatic rings. The maximum Gasteiger partial charge on any atom is 0.240 e. The van der Waals surface area contributed by atoms with Gasteiger partial charge in [-0.1, -0.05) is 24.3 Å². The van der Waals surface area contributed by atoms with Crippen LogP contribution in [-0.2, 0) is 24.4 Å². The van der Waals surface area contributed by atoms with Crippen LogP contribution in [-0.4, -0.2) is 27.5 Å². The topological polar surface area (TPSA) is 71.8 Å². The molecule has 136 valence electrons. The normalized spacial score (nSPS) is 11.1. The van der Waals surface area contributed by atoms with Crippen molar-refractivity contribution >= 4 is 27.8 Å². The van der Waals surface area contributed by atoms with Gasteiger partial charge in [0.15, 0.2) is 0 Å². The van der Waals surface area contributed by atoms with Crippen LogP contribution in [0.25, 0.3) is 21.9 Å². The van der Waals surface area contributed by atoms with Crippen LogP contribution in [0.4, 0.5) is 0 Å². The van der Waals surface area contributed by atoms with Crippen LogP contribution < -0.4 is 10.6 Å². The molecule has 0 aliphatic heterocycles. The van der Waals surface area contributed by atoms with Crippen LogP contribution in [0.5, 0.6) is 0 Å². The zero-order chi connectivity index (χ0) is 18.6. The van der Waals surface area contributed by atoms with E-state index in [1.165, 1.54) is 0 Å². The fourth-order valence-electron chi connectivity index (χ4n) is 3.28. The molecule has 2 N–H and O–H groups in total. The summed E-state index contributed by atoms with van der Waals surface area (Å²) >= 11 is 0. The molecule has 0 atom stereocenters. The first-order valence-electron chi connectivity index (χ1n) is 8.93. The van der Waals surface area contributed by atoms with Crippen LogP contribution >= 0.6 is 0 Å². The van der Waals surface area contributed by atoms with E-state index in [4.69, 9.17) is 0 Å². The molecule has 0 aliphatic rings. The third kappa shape index (κ3) is 3.52. The molecule has 0 radical (unpaired) electrons. The lowest BCUT2D eigenvalue weighted by Crippen LogP contribution is -2.27. The summed E-state index contributed by atoms with van der Waals surface area (Å²) in [6.07, 6.45) is 3.56. The fraction of sp³-hybridized carbons (Fsp3) is 0.190. The Balaban J connectivity index is 1.51. The molecule has 0 unspecified atom stereocenters. The van der Waals surface area contributed by atoms with E-state index in [2.05, 4.69) is 26.7 Å². The lowest BCUT2D eigenvalue weighted by atomic mass is 10.2. The lowest BCUT2D eigenvalue weighted by molar-refractivity contribution is -0.121. The van der Waals surface area contributed by atoms with E-state index in [0.717, 1.165) is 39.7 Å². The number of carbonyl (C=O) groups excluding carboxylic acids is 1. The standard InChI is InChI=1S/C21H21N5O/c1-22-13-16-9-8-15(11-24-16)12-25-20(27)14-26-19-7-3-2-5-17(19)18-6-4-10-23-21(18)26/h2-11,22H,12-14H2,1H3,(H,25,27).